The standard InChI is InChI=1S/C13H18N4O2/c1-16-13(19)8-2-3-10(14)11(6-8)17-5-4-9(7-17)12(15)18/h2-3,6,9H,4-5,7,14H2,1H3,(H2,15,18)(H,16,19). The number of hydrogen-bond donors (Lipinski definition) is 3. The van der Waals surface area contributed by atoms with Gasteiger partial charge in [-0.15, -0.1) is 0 Å². The number of benzene rings is 1. The quantitative estimate of drug-likeness (QED) is 0.664. The first-order valence-electron chi connectivity index (χ1n) is 6.18. The lowest BCUT2D eigenvalue weighted by atomic mass is 10.1. The number of nitrogen functional groups attached to an aromatic ring is 1. The first kappa shape index (κ1) is 13.2. The highest BCUT2D eigenvalue weighted by molar-refractivity contribution is 5.96. The van der Waals surface area contributed by atoms with E-state index in [1.165, 1.54) is 0 Å². The molecule has 1 aliphatic heterocycles. The molecule has 1 aliphatic rings. The summed E-state index contributed by atoms with van der Waals surface area (Å²) in [6.07, 6.45) is 0.721. The van der Waals surface area contributed by atoms with Crippen molar-refractivity contribution in [1.82, 2.24) is 5.32 Å². The maximum atomic E-state index is 11.6. The van der Waals surface area contributed by atoms with Gasteiger partial charge in [-0.25, -0.2) is 0 Å². The van der Waals surface area contributed by atoms with Crippen molar-refractivity contribution in [3.63, 3.8) is 0 Å². The number of nitrogens with two attached hydrogens (primary N) is 2. The van der Waals surface area contributed by atoms with E-state index in [2.05, 4.69) is 5.32 Å². The van der Waals surface area contributed by atoms with Gasteiger partial charge in [0.05, 0.1) is 17.3 Å². The van der Waals surface area contributed by atoms with E-state index in [0.717, 1.165) is 18.7 Å². The fourth-order valence-corrected chi connectivity index (χ4v) is 2.31. The molecule has 0 spiro atoms. The van der Waals surface area contributed by atoms with Crippen LogP contribution in [0.25, 0.3) is 0 Å². The van der Waals surface area contributed by atoms with Crippen LogP contribution in [0.15, 0.2) is 18.2 Å². The van der Waals surface area contributed by atoms with Crippen molar-refractivity contribution < 1.29 is 9.59 Å². The highest BCUT2D eigenvalue weighted by Crippen LogP contribution is 2.29. The average molecular weight is 262 g/mol. The van der Waals surface area contributed by atoms with Crippen LogP contribution < -0.4 is 21.7 Å². The minimum atomic E-state index is -0.288. The zero-order chi connectivity index (χ0) is 14.0. The van der Waals surface area contributed by atoms with Gasteiger partial charge in [0.1, 0.15) is 0 Å². The van der Waals surface area contributed by atoms with Crippen molar-refractivity contribution >= 4 is 23.2 Å². The van der Waals surface area contributed by atoms with Crippen LogP contribution in [0.4, 0.5) is 11.4 Å². The molecule has 0 radical (unpaired) electrons. The number of carbonyl (C=O) groups is 2. The smallest absolute Gasteiger partial charge is 0.251 e. The zero-order valence-corrected chi connectivity index (χ0v) is 10.8. The first-order chi connectivity index (χ1) is 9.02. The average Bonchev–Trinajstić information content (AvgIpc) is 2.88. The molecule has 1 aromatic rings. The van der Waals surface area contributed by atoms with Gasteiger partial charge in [0.15, 0.2) is 0 Å². The summed E-state index contributed by atoms with van der Waals surface area (Å²) in [6.45, 7) is 1.27. The van der Waals surface area contributed by atoms with E-state index in [1.54, 1.807) is 25.2 Å². The summed E-state index contributed by atoms with van der Waals surface area (Å²) >= 11 is 0. The normalized spacial score (nSPS) is 18.4. The molecule has 1 saturated heterocycles. The van der Waals surface area contributed by atoms with E-state index in [0.29, 0.717) is 17.8 Å². The summed E-state index contributed by atoms with van der Waals surface area (Å²) < 4.78 is 0. The third kappa shape index (κ3) is 2.62. The Morgan fingerprint density at radius 3 is 2.74 bits per heavy atom. The number of hydrogen-bond acceptors (Lipinski definition) is 4. The van der Waals surface area contributed by atoms with E-state index < -0.39 is 0 Å². The van der Waals surface area contributed by atoms with Crippen molar-refractivity contribution in [1.29, 1.82) is 0 Å². The molecule has 0 aliphatic carbocycles. The molecule has 2 amide bonds. The topological polar surface area (TPSA) is 101 Å². The van der Waals surface area contributed by atoms with Gasteiger partial charge in [-0.1, -0.05) is 0 Å². The molecule has 102 valence electrons. The third-order valence-corrected chi connectivity index (χ3v) is 3.45. The van der Waals surface area contributed by atoms with Gasteiger partial charge < -0.3 is 21.7 Å². The number of anilines is 2. The van der Waals surface area contributed by atoms with Crippen LogP contribution in [-0.4, -0.2) is 32.0 Å². The van der Waals surface area contributed by atoms with Crippen LogP contribution >= 0.6 is 0 Å². The molecule has 2 rings (SSSR count). The lowest BCUT2D eigenvalue weighted by Crippen LogP contribution is -2.28. The number of nitrogens with zero attached hydrogens (tertiary/aromatic N) is 1. The molecule has 1 atom stereocenters. The van der Waals surface area contributed by atoms with Crippen LogP contribution in [0, 0.1) is 5.92 Å². The van der Waals surface area contributed by atoms with Gasteiger partial charge in [0.25, 0.3) is 5.91 Å². The Balaban J connectivity index is 2.25. The summed E-state index contributed by atoms with van der Waals surface area (Å²) in [5.41, 5.74) is 13.2. The molecule has 1 unspecified atom stereocenters. The van der Waals surface area contributed by atoms with E-state index in [-0.39, 0.29) is 17.7 Å². The predicted octanol–water partition coefficient (Wildman–Crippen LogP) is -0.0600. The van der Waals surface area contributed by atoms with E-state index in [4.69, 9.17) is 11.5 Å². The van der Waals surface area contributed by atoms with Crippen LogP contribution in [0.5, 0.6) is 0 Å². The number of nitrogens with one attached hydrogen (secondary N) is 1. The fourth-order valence-electron chi connectivity index (χ4n) is 2.31. The van der Waals surface area contributed by atoms with E-state index >= 15 is 0 Å². The summed E-state index contributed by atoms with van der Waals surface area (Å²) in [7, 11) is 1.58. The molecule has 1 heterocycles. The minimum absolute atomic E-state index is 0.150. The maximum absolute atomic E-state index is 11.6. The molecule has 0 bridgehead atoms. The molecule has 0 saturated carbocycles. The molecular weight excluding hydrogens is 244 g/mol. The van der Waals surface area contributed by atoms with Crippen molar-refractivity contribution in [3.8, 4) is 0 Å². The summed E-state index contributed by atoms with van der Waals surface area (Å²) in [5.74, 6) is -0.599. The van der Waals surface area contributed by atoms with Crippen molar-refractivity contribution in [2.45, 2.75) is 6.42 Å². The van der Waals surface area contributed by atoms with Crippen LogP contribution in [-0.2, 0) is 4.79 Å². The maximum Gasteiger partial charge on any atom is 0.251 e. The molecule has 0 aromatic heterocycles. The summed E-state index contributed by atoms with van der Waals surface area (Å²) in [4.78, 5) is 24.8. The van der Waals surface area contributed by atoms with E-state index in [9.17, 15) is 9.59 Å². The third-order valence-electron chi connectivity index (χ3n) is 3.45. The number of carbonyl (C=O) groups excluding carboxylic acids is 2. The van der Waals surface area contributed by atoms with Crippen LogP contribution in [0.1, 0.15) is 16.8 Å². The Kier molecular flexibility index (Phi) is 3.59. The Morgan fingerprint density at radius 2 is 2.16 bits per heavy atom. The first-order valence-corrected chi connectivity index (χ1v) is 6.18. The van der Waals surface area contributed by atoms with Gasteiger partial charge in [-0.2, -0.15) is 0 Å². The molecule has 19 heavy (non-hydrogen) atoms. The van der Waals surface area contributed by atoms with Crippen LogP contribution in [0.3, 0.4) is 0 Å². The molecular formula is C13H18N4O2. The predicted molar refractivity (Wildman–Crippen MR) is 73.8 cm³/mol. The lowest BCUT2D eigenvalue weighted by Gasteiger charge is -2.21. The van der Waals surface area contributed by atoms with Gasteiger partial charge in [-0.05, 0) is 24.6 Å². The SMILES string of the molecule is CNC(=O)c1ccc(N)c(N2CCC(C(N)=O)C2)c1. The van der Waals surface area contributed by atoms with Crippen LogP contribution in [0.2, 0.25) is 0 Å². The van der Waals surface area contributed by atoms with Gasteiger partial charge in [0, 0.05) is 25.7 Å². The summed E-state index contributed by atoms with van der Waals surface area (Å²) in [6, 6.07) is 5.13. The highest BCUT2D eigenvalue weighted by Gasteiger charge is 2.27. The molecule has 1 aromatic carbocycles. The van der Waals surface area contributed by atoms with Gasteiger partial charge in [0.2, 0.25) is 5.91 Å². The molecule has 6 nitrogen and oxygen atoms in total. The largest absolute Gasteiger partial charge is 0.397 e. The Labute approximate surface area is 111 Å². The Morgan fingerprint density at radius 1 is 1.42 bits per heavy atom. The zero-order valence-electron chi connectivity index (χ0n) is 10.8. The fraction of sp³-hybridized carbons (Fsp3) is 0.385. The number of amides is 2. The monoisotopic (exact) mass is 262 g/mol. The summed E-state index contributed by atoms with van der Waals surface area (Å²) in [5, 5.41) is 2.57. The second-order valence-corrected chi connectivity index (χ2v) is 4.69. The van der Waals surface area contributed by atoms with Gasteiger partial charge in [-0.3, -0.25) is 9.59 Å². The highest BCUT2D eigenvalue weighted by atomic mass is 16.2. The minimum Gasteiger partial charge on any atom is -0.397 e. The second kappa shape index (κ2) is 5.17. The number of rotatable bonds is 3. The molecule has 6 heteroatoms. The lowest BCUT2D eigenvalue weighted by molar-refractivity contribution is -0.121. The van der Waals surface area contributed by atoms with E-state index in [1.807, 2.05) is 4.90 Å². The van der Waals surface area contributed by atoms with Gasteiger partial charge >= 0.3 is 0 Å². The van der Waals surface area contributed by atoms with Crippen molar-refractivity contribution in [3.05, 3.63) is 23.8 Å². The second-order valence-electron chi connectivity index (χ2n) is 4.69. The molecule has 5 N–H and O–H groups in total. The Hall–Kier alpha value is -2.24. The molecule has 1 fully saturated rings. The Bertz CT molecular complexity index is 515. The van der Waals surface area contributed by atoms with Crippen molar-refractivity contribution in [2.75, 3.05) is 30.8 Å². The van der Waals surface area contributed by atoms with Crippen molar-refractivity contribution in [2.24, 2.45) is 11.7 Å². The number of primary amides is 1.